The fourth-order valence-electron chi connectivity index (χ4n) is 4.87. The van der Waals surface area contributed by atoms with Crippen LogP contribution in [0, 0.1) is 5.92 Å². The Labute approximate surface area is 174 Å². The first-order valence-electron chi connectivity index (χ1n) is 11.0. The standard InChI is InChI=1S/C20H35N3O5S/c1-4-12-29(26,27)23-9-5-6-18(23)20(25)21-10-7-17(8-11-21)19(24)22-13-15(2)28-16(3)14-22/h15-18H,4-14H2,1-3H3. The number of piperidine rings is 1. The third-order valence-electron chi connectivity index (χ3n) is 6.20. The van der Waals surface area contributed by atoms with Gasteiger partial charge in [-0.15, -0.1) is 0 Å². The number of hydrogen-bond acceptors (Lipinski definition) is 5. The summed E-state index contributed by atoms with van der Waals surface area (Å²) in [6.45, 7) is 8.51. The first-order chi connectivity index (χ1) is 13.7. The van der Waals surface area contributed by atoms with Gasteiger partial charge in [0.1, 0.15) is 6.04 Å². The molecule has 0 aromatic rings. The number of ether oxygens (including phenoxy) is 1. The van der Waals surface area contributed by atoms with E-state index in [1.807, 2.05) is 25.7 Å². The van der Waals surface area contributed by atoms with E-state index in [2.05, 4.69) is 0 Å². The minimum absolute atomic E-state index is 0.0442. The lowest BCUT2D eigenvalue weighted by Gasteiger charge is -2.40. The van der Waals surface area contributed by atoms with Crippen LogP contribution in [0.25, 0.3) is 0 Å². The Kier molecular flexibility index (Phi) is 7.22. The first-order valence-corrected chi connectivity index (χ1v) is 12.6. The van der Waals surface area contributed by atoms with E-state index in [9.17, 15) is 18.0 Å². The summed E-state index contributed by atoms with van der Waals surface area (Å²) < 4.78 is 32.1. The van der Waals surface area contributed by atoms with Crippen LogP contribution in [0.2, 0.25) is 0 Å². The molecule has 0 N–H and O–H groups in total. The van der Waals surface area contributed by atoms with Gasteiger partial charge in [-0.25, -0.2) is 8.42 Å². The van der Waals surface area contributed by atoms with Gasteiger partial charge in [0.2, 0.25) is 21.8 Å². The molecule has 8 nitrogen and oxygen atoms in total. The van der Waals surface area contributed by atoms with Crippen LogP contribution in [0.5, 0.6) is 0 Å². The average Bonchev–Trinajstić information content (AvgIpc) is 3.17. The number of nitrogens with zero attached hydrogens (tertiary/aromatic N) is 3. The Balaban J connectivity index is 1.56. The molecule has 0 radical (unpaired) electrons. The first kappa shape index (κ1) is 22.5. The summed E-state index contributed by atoms with van der Waals surface area (Å²) in [4.78, 5) is 29.6. The Morgan fingerprint density at radius 3 is 2.14 bits per heavy atom. The van der Waals surface area contributed by atoms with Crippen molar-refractivity contribution >= 4 is 21.8 Å². The second-order valence-corrected chi connectivity index (χ2v) is 10.7. The van der Waals surface area contributed by atoms with E-state index in [0.717, 1.165) is 6.42 Å². The van der Waals surface area contributed by atoms with Gasteiger partial charge in [-0.3, -0.25) is 9.59 Å². The van der Waals surface area contributed by atoms with Gasteiger partial charge in [-0.05, 0) is 46.0 Å². The van der Waals surface area contributed by atoms with Gasteiger partial charge in [-0.1, -0.05) is 6.92 Å². The largest absolute Gasteiger partial charge is 0.372 e. The minimum Gasteiger partial charge on any atom is -0.372 e. The van der Waals surface area contributed by atoms with Crippen molar-refractivity contribution in [1.29, 1.82) is 0 Å². The van der Waals surface area contributed by atoms with E-state index in [-0.39, 0.29) is 35.7 Å². The summed E-state index contributed by atoms with van der Waals surface area (Å²) in [5, 5.41) is 0. The molecule has 3 rings (SSSR count). The van der Waals surface area contributed by atoms with Gasteiger partial charge in [-0.2, -0.15) is 4.31 Å². The predicted molar refractivity (Wildman–Crippen MR) is 110 cm³/mol. The summed E-state index contributed by atoms with van der Waals surface area (Å²) in [5.41, 5.74) is 0. The number of rotatable bonds is 5. The molecule has 3 saturated heterocycles. The van der Waals surface area contributed by atoms with E-state index >= 15 is 0 Å². The lowest BCUT2D eigenvalue weighted by atomic mass is 9.94. The molecular weight excluding hydrogens is 394 g/mol. The molecule has 29 heavy (non-hydrogen) atoms. The van der Waals surface area contributed by atoms with Crippen molar-refractivity contribution in [1.82, 2.24) is 14.1 Å². The van der Waals surface area contributed by atoms with Crippen LogP contribution in [0.4, 0.5) is 0 Å². The molecule has 0 saturated carbocycles. The van der Waals surface area contributed by atoms with Crippen molar-refractivity contribution < 1.29 is 22.7 Å². The van der Waals surface area contributed by atoms with Crippen LogP contribution in [0.15, 0.2) is 0 Å². The van der Waals surface area contributed by atoms with Crippen LogP contribution < -0.4 is 0 Å². The molecule has 3 aliphatic heterocycles. The molecule has 9 heteroatoms. The summed E-state index contributed by atoms with van der Waals surface area (Å²) >= 11 is 0. The lowest BCUT2D eigenvalue weighted by Crippen LogP contribution is -2.53. The number of carbonyl (C=O) groups excluding carboxylic acids is 2. The molecule has 166 valence electrons. The van der Waals surface area contributed by atoms with E-state index < -0.39 is 16.1 Å². The highest BCUT2D eigenvalue weighted by Crippen LogP contribution is 2.27. The smallest absolute Gasteiger partial charge is 0.241 e. The summed E-state index contributed by atoms with van der Waals surface area (Å²) in [7, 11) is -3.38. The highest BCUT2D eigenvalue weighted by atomic mass is 32.2. The molecule has 3 heterocycles. The van der Waals surface area contributed by atoms with Gasteiger partial charge in [0.15, 0.2) is 0 Å². The molecule has 3 aliphatic rings. The highest BCUT2D eigenvalue weighted by Gasteiger charge is 2.41. The third-order valence-corrected chi connectivity index (χ3v) is 8.27. The fourth-order valence-corrected chi connectivity index (χ4v) is 6.61. The van der Waals surface area contributed by atoms with Gasteiger partial charge in [0, 0.05) is 38.6 Å². The zero-order chi connectivity index (χ0) is 21.2. The number of sulfonamides is 1. The number of carbonyl (C=O) groups is 2. The summed E-state index contributed by atoms with van der Waals surface area (Å²) in [5.74, 6) is 0.0814. The Hall–Kier alpha value is -1.19. The molecule has 3 fully saturated rings. The van der Waals surface area contributed by atoms with Crippen LogP contribution in [0.1, 0.15) is 52.9 Å². The van der Waals surface area contributed by atoms with Crippen LogP contribution in [-0.2, 0) is 24.3 Å². The quantitative estimate of drug-likeness (QED) is 0.652. The maximum Gasteiger partial charge on any atom is 0.241 e. The molecular formula is C20H35N3O5S. The van der Waals surface area contributed by atoms with Crippen molar-refractivity contribution in [2.75, 3.05) is 38.5 Å². The normalized spacial score (nSPS) is 30.0. The van der Waals surface area contributed by atoms with Crippen LogP contribution in [0.3, 0.4) is 0 Å². The number of morpholine rings is 1. The van der Waals surface area contributed by atoms with Gasteiger partial charge in [0.25, 0.3) is 0 Å². The summed E-state index contributed by atoms with van der Waals surface area (Å²) in [6.07, 6.45) is 3.22. The third kappa shape index (κ3) is 5.11. The molecule has 0 spiro atoms. The topological polar surface area (TPSA) is 87.2 Å². The Morgan fingerprint density at radius 2 is 1.55 bits per heavy atom. The van der Waals surface area contributed by atoms with Gasteiger partial charge < -0.3 is 14.5 Å². The second-order valence-electron chi connectivity index (χ2n) is 8.68. The number of amides is 2. The van der Waals surface area contributed by atoms with E-state index in [0.29, 0.717) is 58.4 Å². The maximum absolute atomic E-state index is 13.0. The number of hydrogen-bond donors (Lipinski definition) is 0. The van der Waals surface area contributed by atoms with E-state index in [1.165, 1.54) is 4.31 Å². The van der Waals surface area contributed by atoms with Crippen molar-refractivity contribution in [3.8, 4) is 0 Å². The average molecular weight is 430 g/mol. The molecule has 0 aliphatic carbocycles. The highest BCUT2D eigenvalue weighted by molar-refractivity contribution is 7.89. The SMILES string of the molecule is CCCS(=O)(=O)N1CCCC1C(=O)N1CCC(C(=O)N2CC(C)OC(C)C2)CC1. The summed E-state index contributed by atoms with van der Waals surface area (Å²) in [6, 6.07) is -0.570. The van der Waals surface area contributed by atoms with Crippen molar-refractivity contribution in [2.45, 2.75) is 71.1 Å². The molecule has 0 aromatic carbocycles. The Bertz CT molecular complexity index is 695. The monoisotopic (exact) mass is 429 g/mol. The van der Waals surface area contributed by atoms with E-state index in [4.69, 9.17) is 4.74 Å². The predicted octanol–water partition coefficient (Wildman–Crippen LogP) is 1.07. The molecule has 3 unspecified atom stereocenters. The fraction of sp³-hybridized carbons (Fsp3) is 0.900. The Morgan fingerprint density at radius 1 is 0.931 bits per heavy atom. The van der Waals surface area contributed by atoms with Crippen LogP contribution in [-0.4, -0.2) is 91.1 Å². The van der Waals surface area contributed by atoms with Crippen molar-refractivity contribution in [3.05, 3.63) is 0 Å². The zero-order valence-electron chi connectivity index (χ0n) is 17.9. The minimum atomic E-state index is -3.38. The lowest BCUT2D eigenvalue weighted by molar-refractivity contribution is -0.150. The molecule has 0 aromatic heterocycles. The molecule has 3 atom stereocenters. The van der Waals surface area contributed by atoms with Crippen molar-refractivity contribution in [3.63, 3.8) is 0 Å². The van der Waals surface area contributed by atoms with E-state index in [1.54, 1.807) is 4.90 Å². The maximum atomic E-state index is 13.0. The van der Waals surface area contributed by atoms with Crippen LogP contribution >= 0.6 is 0 Å². The second kappa shape index (κ2) is 9.31. The van der Waals surface area contributed by atoms with Crippen molar-refractivity contribution in [2.24, 2.45) is 5.92 Å². The zero-order valence-corrected chi connectivity index (χ0v) is 18.7. The molecule has 2 amide bonds. The van der Waals surface area contributed by atoms with Gasteiger partial charge >= 0.3 is 0 Å². The molecule has 0 bridgehead atoms. The number of likely N-dealkylation sites (tertiary alicyclic amines) is 1. The van der Waals surface area contributed by atoms with Gasteiger partial charge in [0.05, 0.1) is 18.0 Å².